The van der Waals surface area contributed by atoms with E-state index >= 15 is 4.39 Å². The van der Waals surface area contributed by atoms with Crippen molar-refractivity contribution in [3.8, 4) is 0 Å². The third kappa shape index (κ3) is 8.51. The highest BCUT2D eigenvalue weighted by Gasteiger charge is 2.44. The van der Waals surface area contributed by atoms with E-state index in [1.54, 1.807) is 6.07 Å². The van der Waals surface area contributed by atoms with Gasteiger partial charge in [-0.25, -0.2) is 23.9 Å². The van der Waals surface area contributed by atoms with Crippen LogP contribution in [0.4, 0.5) is 19.7 Å². The zero-order valence-corrected chi connectivity index (χ0v) is 39.1. The quantitative estimate of drug-likeness (QED) is 0.108. The number of carbonyl (C=O) groups excluding carboxylic acids is 4. The van der Waals surface area contributed by atoms with Crippen LogP contribution in [0.3, 0.4) is 0 Å². The fourth-order valence-corrected chi connectivity index (χ4v) is 11.2. The summed E-state index contributed by atoms with van der Waals surface area (Å²) in [7, 11) is 2.59. The Morgan fingerprint density at radius 1 is 0.758 bits per heavy atom. The first-order valence-corrected chi connectivity index (χ1v) is 23.9. The van der Waals surface area contributed by atoms with Crippen LogP contribution in [-0.2, 0) is 19.1 Å². The second kappa shape index (κ2) is 18.4. The highest BCUT2D eigenvalue weighted by Crippen LogP contribution is 2.49. The second-order valence-electron chi connectivity index (χ2n) is 19.7. The van der Waals surface area contributed by atoms with E-state index in [1.807, 2.05) is 49.6 Å². The summed E-state index contributed by atoms with van der Waals surface area (Å²) in [4.78, 5) is 75.7. The number of methoxy groups -OCH3 is 2. The number of H-pyrrole nitrogens is 2. The Balaban J connectivity index is 0.989. The molecule has 2 aliphatic carbocycles. The smallest absolute Gasteiger partial charge is 0.407 e. The molecule has 2 unspecified atom stereocenters. The molecule has 3 aliphatic heterocycles. The van der Waals surface area contributed by atoms with Crippen LogP contribution in [-0.4, -0.2) is 99.2 Å². The molecule has 9 rings (SSSR count). The van der Waals surface area contributed by atoms with E-state index < -0.39 is 24.3 Å². The van der Waals surface area contributed by atoms with E-state index in [1.165, 1.54) is 14.2 Å². The minimum absolute atomic E-state index is 0.0339. The lowest BCUT2D eigenvalue weighted by molar-refractivity contribution is -0.136. The summed E-state index contributed by atoms with van der Waals surface area (Å²) in [5, 5.41) is 5.47. The number of nitrogens with zero attached hydrogens (tertiary/aromatic N) is 5. The standard InChI is InChI=1S/C50H64FN9O6/c1-26(2)42(56-49(63)65-6)47(61)58-22-8-10-40(58)45-52-35-18-14-30(24-37(35)54-45)38-20-21-39(60(38)31-15-16-33(29-12-13-29)34(51)25-31)32-17-19-36-44(28(32)5)55-46(53-36)41-11-9-23-59(41)48(62)43(27(3)4)57-50(64)66-7/h14-19,24-29,32,38-43H,8-13,20-23H2,1-7H3,(H,52,54)(H,53,55)(H,56,63)(H,57,64)/t28?,32?,38-,39-,40+,41+,42+,43+/m1/s1. The lowest BCUT2D eigenvalue weighted by Gasteiger charge is -2.39. The minimum atomic E-state index is -0.726. The van der Waals surface area contributed by atoms with Crippen molar-refractivity contribution >= 4 is 46.8 Å². The van der Waals surface area contributed by atoms with Crippen molar-refractivity contribution in [2.24, 2.45) is 17.8 Å². The molecular weight excluding hydrogens is 842 g/mol. The van der Waals surface area contributed by atoms with Crippen LogP contribution < -0.4 is 15.5 Å². The number of hydrogen-bond acceptors (Lipinski definition) is 9. The molecule has 4 N–H and O–H groups in total. The van der Waals surface area contributed by atoms with Crippen LogP contribution >= 0.6 is 0 Å². The molecule has 4 amide bonds. The second-order valence-corrected chi connectivity index (χ2v) is 19.7. The summed E-state index contributed by atoms with van der Waals surface area (Å²) in [6, 6.07) is 10.2. The van der Waals surface area contributed by atoms with Gasteiger partial charge in [-0.15, -0.1) is 0 Å². The van der Waals surface area contributed by atoms with Crippen LogP contribution in [0, 0.1) is 23.6 Å². The van der Waals surface area contributed by atoms with Gasteiger partial charge < -0.3 is 44.8 Å². The number of alkyl carbamates (subject to hydrolysis) is 2. The first-order chi connectivity index (χ1) is 31.8. The number of nitrogens with one attached hydrogen (secondary N) is 4. The van der Waals surface area contributed by atoms with E-state index in [2.05, 4.69) is 62.8 Å². The minimum Gasteiger partial charge on any atom is -0.453 e. The molecule has 66 heavy (non-hydrogen) atoms. The van der Waals surface area contributed by atoms with Gasteiger partial charge in [0.1, 0.15) is 29.5 Å². The van der Waals surface area contributed by atoms with Crippen LogP contribution in [0.5, 0.6) is 0 Å². The summed E-state index contributed by atoms with van der Waals surface area (Å²) in [6.07, 6.45) is 10.0. The zero-order valence-electron chi connectivity index (χ0n) is 39.1. The number of imidazole rings is 2. The molecule has 0 bridgehead atoms. The molecule has 1 saturated carbocycles. The maximum atomic E-state index is 16.0. The number of halogens is 1. The third-order valence-electron chi connectivity index (χ3n) is 14.9. The molecule has 0 spiro atoms. The number of hydrogen-bond donors (Lipinski definition) is 4. The number of amides is 4. The van der Waals surface area contributed by atoms with Crippen molar-refractivity contribution in [3.63, 3.8) is 0 Å². The van der Waals surface area contributed by atoms with Gasteiger partial charge in [-0.1, -0.05) is 52.8 Å². The molecule has 2 aromatic carbocycles. The Morgan fingerprint density at radius 2 is 1.38 bits per heavy atom. The van der Waals surface area contributed by atoms with E-state index in [0.29, 0.717) is 18.9 Å². The molecule has 0 radical (unpaired) electrons. The van der Waals surface area contributed by atoms with Crippen LogP contribution in [0.15, 0.2) is 42.5 Å². The Labute approximate surface area is 385 Å². The highest BCUT2D eigenvalue weighted by atomic mass is 19.1. The lowest BCUT2D eigenvalue weighted by Crippen LogP contribution is -2.51. The van der Waals surface area contributed by atoms with Gasteiger partial charge in [0.2, 0.25) is 11.8 Å². The number of likely N-dealkylation sites (tertiary alicyclic amines) is 2. The fourth-order valence-electron chi connectivity index (χ4n) is 11.2. The molecule has 4 aromatic rings. The topological polar surface area (TPSA) is 178 Å². The third-order valence-corrected chi connectivity index (χ3v) is 14.9. The molecule has 5 heterocycles. The van der Waals surface area contributed by atoms with Crippen LogP contribution in [0.2, 0.25) is 0 Å². The Hall–Kier alpha value is -5.93. The SMILES string of the molecule is COC(=O)N[C@H](C(=O)N1CCC[C@H]1c1nc2c([nH]1)C(C)C([C@H]1CC[C@H](c3ccc4nc([C@@H]5CCCN5C(=O)[C@@H](NC(=O)OC)C(C)C)[nH]c4c3)N1c1ccc(C3CC3)c(F)c1)C=C2)C(C)C. The van der Waals surface area contributed by atoms with Gasteiger partial charge in [0.15, 0.2) is 0 Å². The molecule has 8 atom stereocenters. The molecule has 2 aromatic heterocycles. The number of anilines is 1. The predicted molar refractivity (Wildman–Crippen MR) is 248 cm³/mol. The van der Waals surface area contributed by atoms with Crippen molar-refractivity contribution in [3.05, 3.63) is 82.5 Å². The van der Waals surface area contributed by atoms with E-state index in [4.69, 9.17) is 19.4 Å². The number of carbonyl (C=O) groups is 4. The fraction of sp³-hybridized carbons (Fsp3) is 0.560. The van der Waals surface area contributed by atoms with Gasteiger partial charge in [0.25, 0.3) is 0 Å². The highest BCUT2D eigenvalue weighted by molar-refractivity contribution is 5.87. The summed E-state index contributed by atoms with van der Waals surface area (Å²) in [5.74, 6) is 1.12. The number of benzene rings is 2. The number of rotatable bonds is 12. The molecule has 3 saturated heterocycles. The van der Waals surface area contributed by atoms with E-state index in [-0.39, 0.29) is 71.4 Å². The molecule has 16 heteroatoms. The average molecular weight is 906 g/mol. The van der Waals surface area contributed by atoms with Gasteiger partial charge >= 0.3 is 12.2 Å². The number of aromatic nitrogens is 4. The monoisotopic (exact) mass is 905 g/mol. The largest absolute Gasteiger partial charge is 0.453 e. The number of ether oxygens (including phenoxy) is 2. The molecular formula is C50H64FN9O6. The summed E-state index contributed by atoms with van der Waals surface area (Å²) in [6.45, 7) is 11.0. The van der Waals surface area contributed by atoms with E-state index in [0.717, 1.165) is 96.4 Å². The van der Waals surface area contributed by atoms with Crippen molar-refractivity contribution in [1.29, 1.82) is 0 Å². The average Bonchev–Trinajstić information content (AvgIpc) is 3.86. The van der Waals surface area contributed by atoms with Gasteiger partial charge in [-0.2, -0.15) is 0 Å². The molecule has 5 aliphatic rings. The first-order valence-electron chi connectivity index (χ1n) is 23.9. The molecule has 4 fully saturated rings. The Bertz CT molecular complexity index is 2510. The molecule has 352 valence electrons. The van der Waals surface area contributed by atoms with Gasteiger partial charge in [0, 0.05) is 42.3 Å². The van der Waals surface area contributed by atoms with Gasteiger partial charge in [-0.05, 0) is 111 Å². The van der Waals surface area contributed by atoms with Crippen molar-refractivity contribution in [2.45, 2.75) is 134 Å². The van der Waals surface area contributed by atoms with Crippen molar-refractivity contribution in [1.82, 2.24) is 40.4 Å². The summed E-state index contributed by atoms with van der Waals surface area (Å²) in [5.41, 5.74) is 6.30. The first kappa shape index (κ1) is 45.2. The number of aromatic amines is 2. The maximum Gasteiger partial charge on any atom is 0.407 e. The summed E-state index contributed by atoms with van der Waals surface area (Å²) >= 11 is 0. The lowest BCUT2D eigenvalue weighted by atomic mass is 9.80. The Morgan fingerprint density at radius 3 is 1.95 bits per heavy atom. The maximum absolute atomic E-state index is 16.0. The van der Waals surface area contributed by atoms with Gasteiger partial charge in [-0.3, -0.25) is 9.59 Å². The zero-order chi connectivity index (χ0) is 46.6. The van der Waals surface area contributed by atoms with Crippen LogP contribution in [0.25, 0.3) is 17.1 Å². The predicted octanol–water partition coefficient (Wildman–Crippen LogP) is 8.55. The van der Waals surface area contributed by atoms with Crippen LogP contribution in [0.1, 0.15) is 150 Å². The number of fused-ring (bicyclic) bond motifs is 2. The van der Waals surface area contributed by atoms with Crippen molar-refractivity contribution in [2.75, 3.05) is 32.2 Å². The normalized spacial score (nSPS) is 24.8. The summed E-state index contributed by atoms with van der Waals surface area (Å²) < 4.78 is 25.7. The van der Waals surface area contributed by atoms with Gasteiger partial charge in [0.05, 0.1) is 49.1 Å². The van der Waals surface area contributed by atoms with Crippen molar-refractivity contribution < 1.29 is 33.0 Å². The Kier molecular flexibility index (Phi) is 12.6. The van der Waals surface area contributed by atoms with E-state index in [9.17, 15) is 19.2 Å². The molecule has 15 nitrogen and oxygen atoms in total.